The number of piperazine rings is 1. The normalized spacial score (nSPS) is 29.9. The molecule has 4 heteroatoms. The number of halogens is 1. The summed E-state index contributed by atoms with van der Waals surface area (Å²) in [7, 11) is 0. The maximum atomic E-state index is 13.6. The van der Waals surface area contributed by atoms with E-state index in [1.807, 2.05) is 0 Å². The van der Waals surface area contributed by atoms with Gasteiger partial charge in [-0.2, -0.15) is 0 Å². The lowest BCUT2D eigenvalue weighted by atomic mass is 9.56. The molecule has 2 aliphatic carbocycles. The minimum absolute atomic E-state index is 0. The summed E-state index contributed by atoms with van der Waals surface area (Å²) in [5, 5.41) is 0. The van der Waals surface area contributed by atoms with Gasteiger partial charge in [0.25, 0.3) is 0 Å². The highest BCUT2D eigenvalue weighted by atomic mass is 35.5. The first-order chi connectivity index (χ1) is 13.8. The largest absolute Gasteiger partial charge is 0.369 e. The van der Waals surface area contributed by atoms with Crippen molar-refractivity contribution in [2.75, 3.05) is 31.1 Å². The molecule has 2 bridgehead atoms. The molecule has 0 amide bonds. The Morgan fingerprint density at radius 2 is 1.45 bits per heavy atom. The van der Waals surface area contributed by atoms with Crippen molar-refractivity contribution in [3.8, 4) is 0 Å². The van der Waals surface area contributed by atoms with Gasteiger partial charge in [-0.3, -0.25) is 9.69 Å². The number of rotatable bonds is 3. The number of hydrogen-bond acceptors (Lipinski definition) is 3. The lowest BCUT2D eigenvalue weighted by Crippen LogP contribution is -2.60. The molecule has 2 saturated carbocycles. The number of anilines is 1. The molecule has 2 aromatic rings. The Bertz CT molecular complexity index is 819. The summed E-state index contributed by atoms with van der Waals surface area (Å²) in [6.45, 7) is 4.26. The van der Waals surface area contributed by atoms with Crippen molar-refractivity contribution in [3.05, 3.63) is 66.2 Å². The summed E-state index contributed by atoms with van der Waals surface area (Å²) >= 11 is 0. The molecule has 154 valence electrons. The predicted molar refractivity (Wildman–Crippen MR) is 121 cm³/mol. The van der Waals surface area contributed by atoms with E-state index in [1.54, 1.807) is 0 Å². The average molecular weight is 411 g/mol. The van der Waals surface area contributed by atoms with Gasteiger partial charge in [-0.15, -0.1) is 12.4 Å². The number of Topliss-reactive ketones (excluding diaryl/α,β-unsaturated/α-hetero) is 1. The van der Waals surface area contributed by atoms with E-state index in [1.165, 1.54) is 17.7 Å². The van der Waals surface area contributed by atoms with E-state index in [-0.39, 0.29) is 23.7 Å². The molecule has 0 radical (unpaired) electrons. The van der Waals surface area contributed by atoms with Crippen LogP contribution < -0.4 is 4.90 Å². The number of nitrogens with zero attached hydrogens (tertiary/aromatic N) is 2. The lowest BCUT2D eigenvalue weighted by molar-refractivity contribution is -0.138. The third-order valence-electron chi connectivity index (χ3n) is 7.49. The highest BCUT2D eigenvalue weighted by Gasteiger charge is 2.52. The summed E-state index contributed by atoms with van der Waals surface area (Å²) in [6.07, 6.45) is 5.50. The first-order valence-corrected chi connectivity index (χ1v) is 10.9. The molecule has 5 rings (SSSR count). The Morgan fingerprint density at radius 3 is 2.14 bits per heavy atom. The van der Waals surface area contributed by atoms with E-state index < -0.39 is 0 Å². The maximum absolute atomic E-state index is 13.6. The Kier molecular flexibility index (Phi) is 5.98. The third kappa shape index (κ3) is 3.60. The van der Waals surface area contributed by atoms with Gasteiger partial charge in [0.1, 0.15) is 5.78 Å². The van der Waals surface area contributed by atoms with E-state index >= 15 is 0 Å². The molecule has 2 aromatic carbocycles. The number of carbonyl (C=O) groups excluding carboxylic acids is 1. The summed E-state index contributed by atoms with van der Waals surface area (Å²) in [5.74, 6) is 0.762. The van der Waals surface area contributed by atoms with Gasteiger partial charge in [0.15, 0.2) is 0 Å². The van der Waals surface area contributed by atoms with Gasteiger partial charge >= 0.3 is 0 Å². The molecular formula is C25H31ClN2O. The van der Waals surface area contributed by atoms with Gasteiger partial charge in [0.05, 0.1) is 5.41 Å². The molecule has 3 fully saturated rings. The van der Waals surface area contributed by atoms with Crippen LogP contribution in [0.5, 0.6) is 0 Å². The average Bonchev–Trinajstić information content (AvgIpc) is 2.76. The fourth-order valence-corrected chi connectivity index (χ4v) is 6.02. The van der Waals surface area contributed by atoms with Crippen LogP contribution in [-0.4, -0.2) is 42.9 Å². The zero-order valence-corrected chi connectivity index (χ0v) is 17.8. The third-order valence-corrected chi connectivity index (χ3v) is 7.49. The fourth-order valence-electron chi connectivity index (χ4n) is 6.02. The fraction of sp³-hybridized carbons (Fsp3) is 0.480. The van der Waals surface area contributed by atoms with E-state index in [2.05, 4.69) is 70.5 Å². The van der Waals surface area contributed by atoms with Gasteiger partial charge in [-0.25, -0.2) is 0 Å². The highest BCUT2D eigenvalue weighted by molar-refractivity contribution is 5.94. The van der Waals surface area contributed by atoms with E-state index in [0.717, 1.165) is 51.9 Å². The van der Waals surface area contributed by atoms with Gasteiger partial charge < -0.3 is 4.90 Å². The number of ketones is 1. The zero-order valence-electron chi connectivity index (χ0n) is 17.0. The summed E-state index contributed by atoms with van der Waals surface area (Å²) < 4.78 is 0. The molecule has 1 saturated heterocycles. The van der Waals surface area contributed by atoms with Crippen molar-refractivity contribution in [3.63, 3.8) is 0 Å². The second kappa shape index (κ2) is 8.49. The number of fused-ring (bicyclic) bond motifs is 2. The smallest absolute Gasteiger partial charge is 0.148 e. The molecule has 29 heavy (non-hydrogen) atoms. The first kappa shape index (κ1) is 20.4. The van der Waals surface area contributed by atoms with Crippen LogP contribution in [0.25, 0.3) is 0 Å². The van der Waals surface area contributed by atoms with Gasteiger partial charge in [-0.05, 0) is 43.4 Å². The Labute approximate surface area is 180 Å². The second-order valence-corrected chi connectivity index (χ2v) is 8.78. The van der Waals surface area contributed by atoms with Gasteiger partial charge in [-0.1, -0.05) is 55.0 Å². The van der Waals surface area contributed by atoms with Crippen molar-refractivity contribution < 1.29 is 4.79 Å². The predicted octanol–water partition coefficient (Wildman–Crippen LogP) is 4.70. The minimum atomic E-state index is -0.202. The van der Waals surface area contributed by atoms with Crippen molar-refractivity contribution in [1.29, 1.82) is 0 Å². The molecule has 1 aliphatic heterocycles. The second-order valence-electron chi connectivity index (χ2n) is 8.78. The molecule has 3 unspecified atom stereocenters. The molecule has 0 spiro atoms. The Hall–Kier alpha value is -1.84. The van der Waals surface area contributed by atoms with E-state index in [0.29, 0.717) is 11.8 Å². The zero-order chi connectivity index (χ0) is 19.0. The van der Waals surface area contributed by atoms with Crippen LogP contribution in [0, 0.1) is 5.92 Å². The molecular weight excluding hydrogens is 380 g/mol. The summed E-state index contributed by atoms with van der Waals surface area (Å²) in [4.78, 5) is 18.7. The quantitative estimate of drug-likeness (QED) is 0.732. The maximum Gasteiger partial charge on any atom is 0.148 e. The number of benzene rings is 2. The molecule has 0 aromatic heterocycles. The summed E-state index contributed by atoms with van der Waals surface area (Å²) in [6, 6.07) is 21.8. The minimum Gasteiger partial charge on any atom is -0.369 e. The standard InChI is InChI=1S/C25H30N2O.ClH/c28-24-22-12-7-14-25(24,20-8-3-1-4-9-20)15-13-23(22)27-18-16-26(17-19-27)21-10-5-2-6-11-21;/h1-6,8-11,22-23H,7,12-19H2;1H. The first-order valence-electron chi connectivity index (χ1n) is 10.9. The van der Waals surface area contributed by atoms with Gasteiger partial charge in [0.2, 0.25) is 0 Å². The molecule has 3 nitrogen and oxygen atoms in total. The van der Waals surface area contributed by atoms with E-state index in [9.17, 15) is 4.79 Å². The monoisotopic (exact) mass is 410 g/mol. The van der Waals surface area contributed by atoms with Crippen LogP contribution in [-0.2, 0) is 10.2 Å². The number of hydrogen-bond donors (Lipinski definition) is 0. The SMILES string of the molecule is Cl.O=C1C2CCCC1(c1ccccc1)CCC2N1CCN(c2ccccc2)CC1. The molecule has 3 atom stereocenters. The van der Waals surface area contributed by atoms with Crippen molar-refractivity contribution in [1.82, 2.24) is 4.90 Å². The van der Waals surface area contributed by atoms with E-state index in [4.69, 9.17) is 0 Å². The molecule has 1 heterocycles. The summed E-state index contributed by atoms with van der Waals surface area (Å²) in [5.41, 5.74) is 2.38. The van der Waals surface area contributed by atoms with Crippen molar-refractivity contribution >= 4 is 23.9 Å². The topological polar surface area (TPSA) is 23.6 Å². The Balaban J connectivity index is 0.00000205. The highest BCUT2D eigenvalue weighted by Crippen LogP contribution is 2.49. The van der Waals surface area contributed by atoms with Crippen LogP contribution in [0.1, 0.15) is 37.7 Å². The number of carbonyl (C=O) groups is 1. The van der Waals surface area contributed by atoms with Crippen LogP contribution in [0.2, 0.25) is 0 Å². The molecule has 0 N–H and O–H groups in total. The number of para-hydroxylation sites is 1. The molecule has 3 aliphatic rings. The van der Waals surface area contributed by atoms with Gasteiger partial charge in [0, 0.05) is 43.8 Å². The van der Waals surface area contributed by atoms with Crippen LogP contribution >= 0.6 is 12.4 Å². The van der Waals surface area contributed by atoms with Crippen LogP contribution in [0.3, 0.4) is 0 Å². The van der Waals surface area contributed by atoms with Crippen LogP contribution in [0.15, 0.2) is 60.7 Å². The van der Waals surface area contributed by atoms with Crippen molar-refractivity contribution in [2.45, 2.75) is 43.6 Å². The van der Waals surface area contributed by atoms with Crippen molar-refractivity contribution in [2.24, 2.45) is 5.92 Å². The lowest BCUT2D eigenvalue weighted by Gasteiger charge is -2.52. The Morgan fingerprint density at radius 1 is 0.793 bits per heavy atom. The van der Waals surface area contributed by atoms with Crippen LogP contribution in [0.4, 0.5) is 5.69 Å².